The molecule has 5 nitrogen and oxygen atoms in total. The Morgan fingerprint density at radius 2 is 1.81 bits per heavy atom. The van der Waals surface area contributed by atoms with Crippen LogP contribution in [0.2, 0.25) is 0 Å². The number of hydrogen-bond acceptors (Lipinski definition) is 3. The number of rotatable bonds is 8. The molecule has 1 atom stereocenters. The van der Waals surface area contributed by atoms with Crippen LogP contribution in [-0.4, -0.2) is 25.8 Å². The summed E-state index contributed by atoms with van der Waals surface area (Å²) in [5.41, 5.74) is 0.980. The molecular weight excluding hydrogens is 268 g/mol. The molecule has 2 N–H and O–H groups in total. The van der Waals surface area contributed by atoms with Crippen LogP contribution >= 0.6 is 0 Å². The van der Waals surface area contributed by atoms with Gasteiger partial charge >= 0.3 is 6.03 Å². The minimum absolute atomic E-state index is 0.100. The van der Waals surface area contributed by atoms with Crippen LogP contribution in [0.4, 0.5) is 4.79 Å². The number of urea groups is 1. The van der Waals surface area contributed by atoms with Gasteiger partial charge in [-0.2, -0.15) is 0 Å². The summed E-state index contributed by atoms with van der Waals surface area (Å²) in [6.45, 7) is 9.66. The van der Waals surface area contributed by atoms with Crippen molar-refractivity contribution in [1.82, 2.24) is 10.6 Å². The average molecular weight is 294 g/mol. The fourth-order valence-corrected chi connectivity index (χ4v) is 1.91. The minimum Gasteiger partial charge on any atom is -0.490 e. The summed E-state index contributed by atoms with van der Waals surface area (Å²) in [6.07, 6.45) is 0.916. The van der Waals surface area contributed by atoms with E-state index in [1.165, 1.54) is 0 Å². The van der Waals surface area contributed by atoms with Gasteiger partial charge in [0.1, 0.15) is 0 Å². The van der Waals surface area contributed by atoms with E-state index in [0.29, 0.717) is 25.5 Å². The van der Waals surface area contributed by atoms with Gasteiger partial charge in [0.25, 0.3) is 0 Å². The maximum atomic E-state index is 11.7. The molecule has 0 spiro atoms. The maximum Gasteiger partial charge on any atom is 0.315 e. The van der Waals surface area contributed by atoms with Crippen molar-refractivity contribution in [1.29, 1.82) is 0 Å². The summed E-state index contributed by atoms with van der Waals surface area (Å²) in [5.74, 6) is 1.44. The molecule has 0 fully saturated rings. The van der Waals surface area contributed by atoms with E-state index in [1.807, 2.05) is 45.9 Å². The van der Waals surface area contributed by atoms with Crippen molar-refractivity contribution in [2.75, 3.05) is 19.8 Å². The molecule has 0 aliphatic heterocycles. The molecule has 0 saturated heterocycles. The van der Waals surface area contributed by atoms with Crippen molar-refractivity contribution in [3.63, 3.8) is 0 Å². The lowest BCUT2D eigenvalue weighted by molar-refractivity contribution is 0.238. The number of carbonyl (C=O) groups excluding carboxylic acids is 1. The molecule has 0 bridgehead atoms. The molecule has 0 unspecified atom stereocenters. The molecule has 1 aromatic carbocycles. The summed E-state index contributed by atoms with van der Waals surface area (Å²) in [4.78, 5) is 11.7. The molecule has 0 heterocycles. The van der Waals surface area contributed by atoms with Gasteiger partial charge in [0.05, 0.1) is 19.3 Å². The van der Waals surface area contributed by atoms with Crippen LogP contribution in [0, 0.1) is 0 Å². The molecule has 1 aromatic rings. The second-order valence-electron chi connectivity index (χ2n) is 4.69. The lowest BCUT2D eigenvalue weighted by Crippen LogP contribution is -2.37. The summed E-state index contributed by atoms with van der Waals surface area (Å²) in [6, 6.07) is 5.48. The highest BCUT2D eigenvalue weighted by Crippen LogP contribution is 2.30. The first kappa shape index (κ1) is 17.1. The fraction of sp³-hybridized carbons (Fsp3) is 0.562. The Bertz CT molecular complexity index is 449. The second-order valence-corrected chi connectivity index (χ2v) is 4.69. The first-order valence-electron chi connectivity index (χ1n) is 7.56. The van der Waals surface area contributed by atoms with Crippen molar-refractivity contribution < 1.29 is 14.3 Å². The van der Waals surface area contributed by atoms with Gasteiger partial charge in [-0.1, -0.05) is 13.0 Å². The number of benzene rings is 1. The Morgan fingerprint density at radius 3 is 2.43 bits per heavy atom. The molecular formula is C16H26N2O3. The zero-order chi connectivity index (χ0) is 15.7. The predicted molar refractivity (Wildman–Crippen MR) is 84.0 cm³/mol. The van der Waals surface area contributed by atoms with E-state index in [0.717, 1.165) is 17.7 Å². The number of nitrogens with one attached hydrogen (secondary N) is 2. The average Bonchev–Trinajstić information content (AvgIpc) is 2.47. The summed E-state index contributed by atoms with van der Waals surface area (Å²) in [7, 11) is 0. The molecule has 5 heteroatoms. The summed E-state index contributed by atoms with van der Waals surface area (Å²) in [5, 5.41) is 5.70. The molecule has 21 heavy (non-hydrogen) atoms. The third-order valence-electron chi connectivity index (χ3n) is 2.95. The Balaban J connectivity index is 2.77. The first-order chi connectivity index (χ1) is 10.1. The van der Waals surface area contributed by atoms with E-state index in [9.17, 15) is 4.79 Å². The normalized spacial score (nSPS) is 11.6. The zero-order valence-corrected chi connectivity index (χ0v) is 13.4. The first-order valence-corrected chi connectivity index (χ1v) is 7.56. The second kappa shape index (κ2) is 9.10. The van der Waals surface area contributed by atoms with Crippen molar-refractivity contribution in [2.24, 2.45) is 0 Å². The van der Waals surface area contributed by atoms with Crippen LogP contribution in [0.15, 0.2) is 18.2 Å². The highest BCUT2D eigenvalue weighted by Gasteiger charge is 2.12. The van der Waals surface area contributed by atoms with Crippen LogP contribution < -0.4 is 20.1 Å². The van der Waals surface area contributed by atoms with Crippen LogP contribution in [0.25, 0.3) is 0 Å². The van der Waals surface area contributed by atoms with Gasteiger partial charge in [-0.05, 0) is 44.9 Å². The highest BCUT2D eigenvalue weighted by atomic mass is 16.5. The van der Waals surface area contributed by atoms with Gasteiger partial charge in [0, 0.05) is 6.54 Å². The maximum absolute atomic E-state index is 11.7. The number of carbonyl (C=O) groups is 1. The molecule has 2 amide bonds. The minimum atomic E-state index is -0.156. The van der Waals surface area contributed by atoms with Gasteiger partial charge in [-0.3, -0.25) is 0 Å². The van der Waals surface area contributed by atoms with Crippen molar-refractivity contribution in [3.8, 4) is 11.5 Å². The van der Waals surface area contributed by atoms with E-state index < -0.39 is 0 Å². The topological polar surface area (TPSA) is 59.6 Å². The van der Waals surface area contributed by atoms with Gasteiger partial charge in [-0.15, -0.1) is 0 Å². The van der Waals surface area contributed by atoms with E-state index in [-0.39, 0.29) is 12.1 Å². The number of ether oxygens (including phenoxy) is 2. The summed E-state index contributed by atoms with van der Waals surface area (Å²) >= 11 is 0. The molecule has 118 valence electrons. The van der Waals surface area contributed by atoms with E-state index in [2.05, 4.69) is 10.6 Å². The Hall–Kier alpha value is -1.91. The Labute approximate surface area is 127 Å². The largest absolute Gasteiger partial charge is 0.490 e. The molecule has 0 aliphatic rings. The van der Waals surface area contributed by atoms with Gasteiger partial charge in [-0.25, -0.2) is 4.79 Å². The van der Waals surface area contributed by atoms with Gasteiger partial charge in [0.15, 0.2) is 11.5 Å². The van der Waals surface area contributed by atoms with E-state index in [4.69, 9.17) is 9.47 Å². The quantitative estimate of drug-likeness (QED) is 0.773. The molecule has 0 radical (unpaired) electrons. The molecule has 0 aromatic heterocycles. The Morgan fingerprint density at radius 1 is 1.14 bits per heavy atom. The number of amides is 2. The van der Waals surface area contributed by atoms with E-state index >= 15 is 0 Å². The lowest BCUT2D eigenvalue weighted by atomic mass is 10.1. The fourth-order valence-electron chi connectivity index (χ4n) is 1.91. The smallest absolute Gasteiger partial charge is 0.315 e. The van der Waals surface area contributed by atoms with Crippen molar-refractivity contribution >= 4 is 6.03 Å². The van der Waals surface area contributed by atoms with Crippen molar-refractivity contribution in [2.45, 2.75) is 40.2 Å². The number of hydrogen-bond donors (Lipinski definition) is 2. The lowest BCUT2D eigenvalue weighted by Gasteiger charge is -2.17. The molecule has 0 saturated carbocycles. The zero-order valence-electron chi connectivity index (χ0n) is 13.4. The molecule has 0 aliphatic carbocycles. The third-order valence-corrected chi connectivity index (χ3v) is 2.95. The standard InChI is InChI=1S/C16H26N2O3/c1-5-10-17-16(19)18-12(4)13-8-9-14(20-6-2)15(11-13)21-7-3/h8-9,11-12H,5-7,10H2,1-4H3,(H2,17,18,19)/t12-/m0/s1. The van der Waals surface area contributed by atoms with Crippen molar-refractivity contribution in [3.05, 3.63) is 23.8 Å². The predicted octanol–water partition coefficient (Wildman–Crippen LogP) is 3.25. The van der Waals surface area contributed by atoms with Gasteiger partial charge < -0.3 is 20.1 Å². The van der Waals surface area contributed by atoms with Crippen LogP contribution in [0.1, 0.15) is 45.7 Å². The summed E-state index contributed by atoms with van der Waals surface area (Å²) < 4.78 is 11.1. The van der Waals surface area contributed by atoms with Crippen LogP contribution in [-0.2, 0) is 0 Å². The van der Waals surface area contributed by atoms with Crippen LogP contribution in [0.3, 0.4) is 0 Å². The monoisotopic (exact) mass is 294 g/mol. The SMILES string of the molecule is CCCNC(=O)N[C@@H](C)c1ccc(OCC)c(OCC)c1. The Kier molecular flexibility index (Phi) is 7.43. The third kappa shape index (κ3) is 5.53. The van der Waals surface area contributed by atoms with E-state index in [1.54, 1.807) is 0 Å². The van der Waals surface area contributed by atoms with Crippen LogP contribution in [0.5, 0.6) is 11.5 Å². The molecule has 1 rings (SSSR count). The van der Waals surface area contributed by atoms with Gasteiger partial charge in [0.2, 0.25) is 0 Å². The highest BCUT2D eigenvalue weighted by molar-refractivity contribution is 5.74.